The van der Waals surface area contributed by atoms with Gasteiger partial charge in [-0.25, -0.2) is 0 Å². The lowest BCUT2D eigenvalue weighted by Crippen LogP contribution is -2.41. The van der Waals surface area contributed by atoms with E-state index in [0.29, 0.717) is 4.47 Å². The molecule has 0 fully saturated rings. The smallest absolute Gasteiger partial charge is 0.323 e. The number of aromatic hydroxyl groups is 1. The summed E-state index contributed by atoms with van der Waals surface area (Å²) in [4.78, 5) is 34.3. The fraction of sp³-hybridized carbons (Fsp3) is 0.182. The van der Waals surface area contributed by atoms with Gasteiger partial charge in [-0.1, -0.05) is 0 Å². The maximum Gasteiger partial charge on any atom is 0.323 e. The molecule has 19 heavy (non-hydrogen) atoms. The van der Waals surface area contributed by atoms with Gasteiger partial charge in [0, 0.05) is 5.56 Å². The number of hydrogen-bond acceptors (Lipinski definition) is 4. The molecule has 0 saturated heterocycles. The summed E-state index contributed by atoms with van der Waals surface area (Å²) in [6, 6.07) is 4.00. The second-order valence-corrected chi connectivity index (χ2v) is 4.54. The molecule has 0 saturated carbocycles. The third-order valence-corrected chi connectivity index (χ3v) is 2.82. The number of primary amides is 1. The minimum Gasteiger partial charge on any atom is -0.507 e. The van der Waals surface area contributed by atoms with E-state index in [4.69, 9.17) is 10.8 Å². The Balaban J connectivity index is 3.00. The number of amides is 2. The summed E-state index contributed by atoms with van der Waals surface area (Å²) in [5.74, 6) is -2.96. The number of carboxylic acids is 1. The molecule has 0 aromatic heterocycles. The van der Waals surface area contributed by atoms with Crippen molar-refractivity contribution in [1.29, 1.82) is 0 Å². The van der Waals surface area contributed by atoms with Crippen LogP contribution in [0.15, 0.2) is 22.7 Å². The van der Waals surface area contributed by atoms with Gasteiger partial charge >= 0.3 is 5.97 Å². The van der Waals surface area contributed by atoms with E-state index in [9.17, 15) is 19.5 Å². The molecule has 2 amide bonds. The molecule has 1 aromatic rings. The molecule has 8 heteroatoms. The van der Waals surface area contributed by atoms with E-state index < -0.39 is 30.9 Å². The zero-order chi connectivity index (χ0) is 14.6. The third-order valence-electron chi connectivity index (χ3n) is 2.15. The molecule has 0 aliphatic heterocycles. The molecular formula is C11H11BrN2O5. The summed E-state index contributed by atoms with van der Waals surface area (Å²) in [7, 11) is 0. The minimum absolute atomic E-state index is 0.0585. The first-order chi connectivity index (χ1) is 8.81. The summed E-state index contributed by atoms with van der Waals surface area (Å²) in [6.45, 7) is -1.17. The minimum atomic E-state index is -1.27. The summed E-state index contributed by atoms with van der Waals surface area (Å²) < 4.78 is 0.392. The van der Waals surface area contributed by atoms with Crippen LogP contribution in [0.5, 0.6) is 5.75 Å². The standard InChI is InChI=1S/C11H11BrN2O5/c12-7-2-1-6(3-8(7)15)11(19)14(4-9(13)16)5-10(17)18/h1-3,15H,4-5H2,(H2,13,16)(H,17,18). The van der Waals surface area contributed by atoms with E-state index in [0.717, 1.165) is 4.90 Å². The first kappa shape index (κ1) is 15.0. The summed E-state index contributed by atoms with van der Waals surface area (Å²) in [5, 5.41) is 18.2. The molecule has 1 rings (SSSR count). The van der Waals surface area contributed by atoms with Crippen LogP contribution in [0.2, 0.25) is 0 Å². The lowest BCUT2D eigenvalue weighted by molar-refractivity contribution is -0.138. The van der Waals surface area contributed by atoms with Gasteiger partial charge in [-0.2, -0.15) is 0 Å². The molecule has 7 nitrogen and oxygen atoms in total. The first-order valence-corrected chi connectivity index (χ1v) is 5.88. The maximum absolute atomic E-state index is 12.0. The van der Waals surface area contributed by atoms with Crippen LogP contribution in [0.4, 0.5) is 0 Å². The number of halogens is 1. The predicted molar refractivity (Wildman–Crippen MR) is 68.5 cm³/mol. The number of phenolic OH excluding ortho intramolecular Hbond substituents is 1. The van der Waals surface area contributed by atoms with Gasteiger partial charge in [0.2, 0.25) is 5.91 Å². The number of aliphatic carboxylic acids is 1. The molecule has 0 aliphatic carbocycles. The van der Waals surface area contributed by atoms with Crippen LogP contribution in [0, 0.1) is 0 Å². The molecular weight excluding hydrogens is 320 g/mol. The van der Waals surface area contributed by atoms with E-state index in [2.05, 4.69) is 15.9 Å². The topological polar surface area (TPSA) is 121 Å². The Morgan fingerprint density at radius 3 is 2.37 bits per heavy atom. The van der Waals surface area contributed by atoms with Crippen LogP contribution in [-0.4, -0.2) is 46.0 Å². The lowest BCUT2D eigenvalue weighted by atomic mass is 10.2. The van der Waals surface area contributed by atoms with E-state index in [1.807, 2.05) is 0 Å². The fourth-order valence-corrected chi connectivity index (χ4v) is 1.63. The van der Waals surface area contributed by atoms with Gasteiger partial charge in [0.05, 0.1) is 4.47 Å². The number of nitrogens with two attached hydrogens (primary N) is 1. The van der Waals surface area contributed by atoms with Gasteiger partial charge in [-0.3, -0.25) is 14.4 Å². The molecule has 0 bridgehead atoms. The Morgan fingerprint density at radius 2 is 1.89 bits per heavy atom. The Kier molecular flexibility index (Phi) is 4.87. The van der Waals surface area contributed by atoms with Crippen LogP contribution in [-0.2, 0) is 9.59 Å². The molecule has 0 heterocycles. The average molecular weight is 331 g/mol. The van der Waals surface area contributed by atoms with Crippen molar-refractivity contribution in [2.45, 2.75) is 0 Å². The predicted octanol–water partition coefficient (Wildman–Crippen LogP) is 0.167. The normalized spacial score (nSPS) is 9.95. The van der Waals surface area contributed by atoms with Crippen LogP contribution in [0.25, 0.3) is 0 Å². The van der Waals surface area contributed by atoms with Crippen LogP contribution >= 0.6 is 15.9 Å². The zero-order valence-electron chi connectivity index (χ0n) is 9.67. The number of nitrogens with zero attached hydrogens (tertiary/aromatic N) is 1. The number of benzene rings is 1. The molecule has 0 unspecified atom stereocenters. The Bertz CT molecular complexity index is 516. The fourth-order valence-electron chi connectivity index (χ4n) is 1.38. The third kappa shape index (κ3) is 4.25. The first-order valence-electron chi connectivity index (χ1n) is 5.09. The van der Waals surface area contributed by atoms with Crippen LogP contribution in [0.1, 0.15) is 10.4 Å². The summed E-state index contributed by atoms with van der Waals surface area (Å²) in [5.41, 5.74) is 5.01. The molecule has 0 aliphatic rings. The highest BCUT2D eigenvalue weighted by Crippen LogP contribution is 2.24. The second-order valence-electron chi connectivity index (χ2n) is 3.69. The van der Waals surface area contributed by atoms with Gasteiger partial charge in [0.25, 0.3) is 5.91 Å². The quantitative estimate of drug-likeness (QED) is 0.710. The maximum atomic E-state index is 12.0. The van der Waals surface area contributed by atoms with Crippen molar-refractivity contribution < 1.29 is 24.6 Å². The van der Waals surface area contributed by atoms with Crippen molar-refractivity contribution in [3.8, 4) is 5.75 Å². The molecule has 0 atom stereocenters. The average Bonchev–Trinajstić information content (AvgIpc) is 2.29. The monoisotopic (exact) mass is 330 g/mol. The van der Waals surface area contributed by atoms with E-state index in [1.165, 1.54) is 18.2 Å². The van der Waals surface area contributed by atoms with Crippen molar-refractivity contribution in [2.75, 3.05) is 13.1 Å². The van der Waals surface area contributed by atoms with E-state index in [-0.39, 0.29) is 11.3 Å². The molecule has 0 spiro atoms. The van der Waals surface area contributed by atoms with E-state index >= 15 is 0 Å². The number of rotatable bonds is 5. The highest BCUT2D eigenvalue weighted by atomic mass is 79.9. The summed E-state index contributed by atoms with van der Waals surface area (Å²) >= 11 is 3.05. The number of carboxylic acid groups (broad SMARTS) is 1. The lowest BCUT2D eigenvalue weighted by Gasteiger charge is -2.19. The van der Waals surface area contributed by atoms with Gasteiger partial charge < -0.3 is 20.8 Å². The van der Waals surface area contributed by atoms with Gasteiger partial charge in [0.15, 0.2) is 0 Å². The zero-order valence-corrected chi connectivity index (χ0v) is 11.3. The Morgan fingerprint density at radius 1 is 1.26 bits per heavy atom. The van der Waals surface area contributed by atoms with Crippen molar-refractivity contribution >= 4 is 33.7 Å². The number of carbonyl (C=O) groups is 3. The van der Waals surface area contributed by atoms with Crippen molar-refractivity contribution in [3.63, 3.8) is 0 Å². The SMILES string of the molecule is NC(=O)CN(CC(=O)O)C(=O)c1ccc(Br)c(O)c1. The molecule has 102 valence electrons. The van der Waals surface area contributed by atoms with Gasteiger partial charge in [-0.15, -0.1) is 0 Å². The Labute approximate surface area is 116 Å². The highest BCUT2D eigenvalue weighted by molar-refractivity contribution is 9.10. The number of phenols is 1. The van der Waals surface area contributed by atoms with Crippen molar-refractivity contribution in [3.05, 3.63) is 28.2 Å². The van der Waals surface area contributed by atoms with Crippen LogP contribution in [0.3, 0.4) is 0 Å². The Hall–Kier alpha value is -2.09. The van der Waals surface area contributed by atoms with E-state index in [1.54, 1.807) is 0 Å². The van der Waals surface area contributed by atoms with Crippen molar-refractivity contribution in [1.82, 2.24) is 4.90 Å². The molecule has 1 aromatic carbocycles. The summed E-state index contributed by atoms with van der Waals surface area (Å²) in [6.07, 6.45) is 0. The van der Waals surface area contributed by atoms with Crippen molar-refractivity contribution in [2.24, 2.45) is 5.73 Å². The van der Waals surface area contributed by atoms with Gasteiger partial charge in [0.1, 0.15) is 18.8 Å². The van der Waals surface area contributed by atoms with Crippen LogP contribution < -0.4 is 5.73 Å². The second kappa shape index (κ2) is 6.19. The molecule has 0 radical (unpaired) electrons. The highest BCUT2D eigenvalue weighted by Gasteiger charge is 2.21. The number of hydrogen-bond donors (Lipinski definition) is 3. The largest absolute Gasteiger partial charge is 0.507 e. The van der Waals surface area contributed by atoms with Gasteiger partial charge in [-0.05, 0) is 34.1 Å². The number of carbonyl (C=O) groups excluding carboxylic acids is 2. The molecule has 4 N–H and O–H groups in total.